The Hall–Kier alpha value is -2.57. The zero-order chi connectivity index (χ0) is 21.1. The number of ether oxygens (including phenoxy) is 2. The summed E-state index contributed by atoms with van der Waals surface area (Å²) in [5.74, 6) is 1.25. The fourth-order valence-corrected chi connectivity index (χ4v) is 4.67. The second-order valence-electron chi connectivity index (χ2n) is 7.60. The number of carbonyl (C=O) groups is 1. The second kappa shape index (κ2) is 9.06. The van der Waals surface area contributed by atoms with Gasteiger partial charge in [0.2, 0.25) is 5.91 Å². The average Bonchev–Trinajstić information content (AvgIpc) is 2.76. The highest BCUT2D eigenvalue weighted by Crippen LogP contribution is 2.33. The van der Waals surface area contributed by atoms with Crippen molar-refractivity contribution < 1.29 is 14.3 Å². The number of morpholine rings is 1. The molecule has 3 aromatic rings. The highest BCUT2D eigenvalue weighted by molar-refractivity contribution is 7.99. The molecular formula is C24H26N2O3S. The normalized spacial score (nSPS) is 19.1. The Morgan fingerprint density at radius 2 is 1.87 bits per heavy atom. The number of benzene rings is 2. The third-order valence-electron chi connectivity index (χ3n) is 5.19. The van der Waals surface area contributed by atoms with E-state index in [2.05, 4.69) is 18.2 Å². The fourth-order valence-electron chi connectivity index (χ4n) is 3.85. The van der Waals surface area contributed by atoms with Gasteiger partial charge in [-0.1, -0.05) is 42.1 Å². The molecule has 156 valence electrons. The molecule has 0 N–H and O–H groups in total. The average molecular weight is 423 g/mol. The van der Waals surface area contributed by atoms with Crippen LogP contribution in [0, 0.1) is 0 Å². The van der Waals surface area contributed by atoms with Crippen molar-refractivity contribution >= 4 is 28.6 Å². The lowest BCUT2D eigenvalue weighted by atomic mass is 10.0. The number of hydrogen-bond acceptors (Lipinski definition) is 5. The molecule has 1 aliphatic rings. The number of aromatic nitrogens is 1. The van der Waals surface area contributed by atoms with E-state index in [1.54, 1.807) is 7.11 Å². The minimum atomic E-state index is 0.0682. The zero-order valence-corrected chi connectivity index (χ0v) is 18.3. The molecule has 5 nitrogen and oxygen atoms in total. The Morgan fingerprint density at radius 3 is 2.57 bits per heavy atom. The number of nitrogens with zero attached hydrogens (tertiary/aromatic N) is 2. The van der Waals surface area contributed by atoms with Crippen molar-refractivity contribution in [2.24, 2.45) is 0 Å². The smallest absolute Gasteiger partial charge is 0.233 e. The van der Waals surface area contributed by atoms with Crippen LogP contribution in [0.4, 0.5) is 0 Å². The van der Waals surface area contributed by atoms with Crippen LogP contribution in [0.2, 0.25) is 0 Å². The van der Waals surface area contributed by atoms with Gasteiger partial charge in [0.05, 0.1) is 35.6 Å². The summed E-state index contributed by atoms with van der Waals surface area (Å²) in [5.41, 5.74) is 3.09. The van der Waals surface area contributed by atoms with Gasteiger partial charge in [-0.05, 0) is 43.2 Å². The number of pyridine rings is 1. The molecule has 2 atom stereocenters. The van der Waals surface area contributed by atoms with E-state index in [-0.39, 0.29) is 18.1 Å². The van der Waals surface area contributed by atoms with Gasteiger partial charge in [0.1, 0.15) is 5.75 Å². The quantitative estimate of drug-likeness (QED) is 0.561. The molecule has 0 aliphatic carbocycles. The predicted octanol–water partition coefficient (Wildman–Crippen LogP) is 4.64. The molecule has 0 bridgehead atoms. The van der Waals surface area contributed by atoms with Crippen LogP contribution in [0.15, 0.2) is 59.6 Å². The fraction of sp³-hybridized carbons (Fsp3) is 0.333. The Balaban J connectivity index is 1.61. The number of hydrogen-bond donors (Lipinski definition) is 0. The predicted molar refractivity (Wildman–Crippen MR) is 121 cm³/mol. The van der Waals surface area contributed by atoms with Gasteiger partial charge in [0, 0.05) is 24.5 Å². The first-order valence-electron chi connectivity index (χ1n) is 10.1. The van der Waals surface area contributed by atoms with Crippen LogP contribution in [0.1, 0.15) is 13.8 Å². The van der Waals surface area contributed by atoms with Gasteiger partial charge in [-0.15, -0.1) is 0 Å². The molecule has 1 fully saturated rings. The van der Waals surface area contributed by atoms with Crippen LogP contribution < -0.4 is 4.74 Å². The maximum absolute atomic E-state index is 12.8. The first kappa shape index (κ1) is 20.7. The minimum absolute atomic E-state index is 0.0682. The van der Waals surface area contributed by atoms with Crippen LogP contribution in [0.5, 0.6) is 5.75 Å². The van der Waals surface area contributed by atoms with Crippen LogP contribution in [0.3, 0.4) is 0 Å². The maximum atomic E-state index is 12.8. The molecule has 1 aromatic heterocycles. The van der Waals surface area contributed by atoms with Gasteiger partial charge in [0.15, 0.2) is 0 Å². The molecular weight excluding hydrogens is 396 g/mol. The number of amides is 1. The van der Waals surface area contributed by atoms with Gasteiger partial charge in [-0.2, -0.15) is 0 Å². The van der Waals surface area contributed by atoms with Crippen molar-refractivity contribution in [3.8, 4) is 16.9 Å². The highest BCUT2D eigenvalue weighted by atomic mass is 32.2. The summed E-state index contributed by atoms with van der Waals surface area (Å²) in [7, 11) is 1.65. The molecule has 1 aliphatic heterocycles. The van der Waals surface area contributed by atoms with Gasteiger partial charge in [0.25, 0.3) is 0 Å². The number of thioether (sulfide) groups is 1. The molecule has 2 aromatic carbocycles. The lowest BCUT2D eigenvalue weighted by Crippen LogP contribution is -2.48. The monoisotopic (exact) mass is 422 g/mol. The van der Waals surface area contributed by atoms with Crippen molar-refractivity contribution in [2.75, 3.05) is 26.0 Å². The number of rotatable bonds is 5. The molecule has 4 rings (SSSR count). The Kier molecular flexibility index (Phi) is 6.25. The Bertz CT molecular complexity index is 1030. The summed E-state index contributed by atoms with van der Waals surface area (Å²) in [4.78, 5) is 19.5. The number of fused-ring (bicyclic) bond motifs is 1. The summed E-state index contributed by atoms with van der Waals surface area (Å²) in [6.07, 6.45) is 0.136. The molecule has 0 unspecified atom stereocenters. The van der Waals surface area contributed by atoms with E-state index >= 15 is 0 Å². The number of carbonyl (C=O) groups excluding carboxylic acids is 1. The first-order chi connectivity index (χ1) is 14.5. The first-order valence-corrected chi connectivity index (χ1v) is 11.1. The van der Waals surface area contributed by atoms with E-state index in [4.69, 9.17) is 14.5 Å². The molecule has 30 heavy (non-hydrogen) atoms. The molecule has 0 saturated carbocycles. The number of methoxy groups -OCH3 is 1. The third kappa shape index (κ3) is 4.60. The van der Waals surface area contributed by atoms with E-state index in [1.807, 2.05) is 55.1 Å². The van der Waals surface area contributed by atoms with Crippen molar-refractivity contribution in [1.82, 2.24) is 9.88 Å². The molecule has 0 spiro atoms. The summed E-state index contributed by atoms with van der Waals surface area (Å²) < 4.78 is 11.1. The molecule has 1 amide bonds. The second-order valence-corrected chi connectivity index (χ2v) is 8.60. The van der Waals surface area contributed by atoms with E-state index in [1.165, 1.54) is 11.8 Å². The Morgan fingerprint density at radius 1 is 1.13 bits per heavy atom. The molecule has 2 heterocycles. The molecule has 1 saturated heterocycles. The molecule has 0 radical (unpaired) electrons. The summed E-state index contributed by atoms with van der Waals surface area (Å²) >= 11 is 1.48. The van der Waals surface area contributed by atoms with Crippen molar-refractivity contribution in [1.29, 1.82) is 0 Å². The molecule has 6 heteroatoms. The van der Waals surface area contributed by atoms with E-state index in [0.717, 1.165) is 32.8 Å². The lowest BCUT2D eigenvalue weighted by Gasteiger charge is -2.35. The summed E-state index contributed by atoms with van der Waals surface area (Å²) in [6, 6.07) is 18.3. The lowest BCUT2D eigenvalue weighted by molar-refractivity contribution is -0.140. The van der Waals surface area contributed by atoms with Gasteiger partial charge >= 0.3 is 0 Å². The summed E-state index contributed by atoms with van der Waals surface area (Å²) in [6.45, 7) is 5.30. The van der Waals surface area contributed by atoms with Crippen LogP contribution in [-0.2, 0) is 9.53 Å². The zero-order valence-electron chi connectivity index (χ0n) is 17.5. The Labute approximate surface area is 181 Å². The largest absolute Gasteiger partial charge is 0.497 e. The van der Waals surface area contributed by atoms with Gasteiger partial charge in [-0.3, -0.25) is 4.79 Å². The van der Waals surface area contributed by atoms with Gasteiger partial charge in [-0.25, -0.2) is 4.98 Å². The standard InChI is InChI=1S/C24H26N2O3S/c1-16-13-26(14-17(2)29-16)24(27)15-30-23-12-21(18-7-5-4-6-8-18)20-10-9-19(28-3)11-22(20)25-23/h4-12,16-17H,13-15H2,1-3H3/t16-,17-/m0/s1. The maximum Gasteiger partial charge on any atom is 0.233 e. The summed E-state index contributed by atoms with van der Waals surface area (Å²) in [5, 5.41) is 1.89. The minimum Gasteiger partial charge on any atom is -0.497 e. The van der Waals surface area contributed by atoms with Crippen molar-refractivity contribution in [3.63, 3.8) is 0 Å². The van der Waals surface area contributed by atoms with Crippen molar-refractivity contribution in [2.45, 2.75) is 31.1 Å². The van der Waals surface area contributed by atoms with Gasteiger partial charge < -0.3 is 14.4 Å². The van der Waals surface area contributed by atoms with E-state index in [9.17, 15) is 4.79 Å². The van der Waals surface area contributed by atoms with Crippen LogP contribution in [0.25, 0.3) is 22.0 Å². The highest BCUT2D eigenvalue weighted by Gasteiger charge is 2.25. The van der Waals surface area contributed by atoms with E-state index < -0.39 is 0 Å². The van der Waals surface area contributed by atoms with Crippen LogP contribution >= 0.6 is 11.8 Å². The SMILES string of the molecule is COc1ccc2c(-c3ccccc3)cc(SCC(=O)N3C[C@H](C)O[C@@H](C)C3)nc2c1. The topological polar surface area (TPSA) is 51.7 Å². The third-order valence-corrected chi connectivity index (χ3v) is 6.09. The van der Waals surface area contributed by atoms with Crippen molar-refractivity contribution in [3.05, 3.63) is 54.6 Å². The van der Waals surface area contributed by atoms with Crippen LogP contribution in [-0.4, -0.2) is 54.0 Å². The van der Waals surface area contributed by atoms with E-state index in [0.29, 0.717) is 18.8 Å².